The van der Waals surface area contributed by atoms with Gasteiger partial charge in [-0.2, -0.15) is 5.10 Å². The molecule has 2 aromatic rings. The molecule has 0 aliphatic carbocycles. The third-order valence-electron chi connectivity index (χ3n) is 2.83. The van der Waals surface area contributed by atoms with Gasteiger partial charge in [-0.05, 0) is 24.3 Å². The van der Waals surface area contributed by atoms with Crippen LogP contribution in [0.15, 0.2) is 39.9 Å². The molecule has 2 N–H and O–H groups in total. The first-order valence-corrected chi connectivity index (χ1v) is 7.80. The Labute approximate surface area is 154 Å². The van der Waals surface area contributed by atoms with Gasteiger partial charge in [-0.3, -0.25) is 14.9 Å². The summed E-state index contributed by atoms with van der Waals surface area (Å²) in [5.41, 5.74) is 1.93. The summed E-state index contributed by atoms with van der Waals surface area (Å²) < 4.78 is 0.375. The van der Waals surface area contributed by atoms with Crippen LogP contribution in [0.3, 0.4) is 0 Å². The minimum Gasteiger partial charge on any atom is -0.502 e. The van der Waals surface area contributed by atoms with Crippen LogP contribution in [-0.2, 0) is 0 Å². The molecule has 0 spiro atoms. The molecule has 7 nitrogen and oxygen atoms in total. The van der Waals surface area contributed by atoms with Crippen LogP contribution in [0.5, 0.6) is 5.75 Å². The van der Waals surface area contributed by atoms with Gasteiger partial charge in [-0.25, -0.2) is 5.43 Å². The van der Waals surface area contributed by atoms with Crippen molar-refractivity contribution in [2.24, 2.45) is 5.10 Å². The maximum Gasteiger partial charge on any atom is 0.312 e. The topological polar surface area (TPSA) is 105 Å². The predicted octanol–water partition coefficient (Wildman–Crippen LogP) is 4.13. The summed E-state index contributed by atoms with van der Waals surface area (Å²) in [5, 5.41) is 24.9. The zero-order valence-electron chi connectivity index (χ0n) is 11.7. The number of phenolic OH excluding ortho intramolecular Hbond substituents is 1. The second-order valence-electron chi connectivity index (χ2n) is 4.44. The molecule has 10 heteroatoms. The Bertz CT molecular complexity index is 858. The van der Waals surface area contributed by atoms with E-state index < -0.39 is 22.3 Å². The number of hydrazone groups is 1. The molecule has 0 aromatic heterocycles. The van der Waals surface area contributed by atoms with E-state index in [0.29, 0.717) is 9.50 Å². The van der Waals surface area contributed by atoms with Gasteiger partial charge in [0.25, 0.3) is 5.91 Å². The highest BCUT2D eigenvalue weighted by Gasteiger charge is 2.17. The SMILES string of the molecule is O=C(NN=Cc1cc(Br)cc([N+](=O)[O-])c1O)c1ccc(Cl)cc1Cl. The van der Waals surface area contributed by atoms with Gasteiger partial charge in [-0.15, -0.1) is 0 Å². The Morgan fingerprint density at radius 1 is 1.33 bits per heavy atom. The van der Waals surface area contributed by atoms with Crippen LogP contribution in [0.4, 0.5) is 5.69 Å². The van der Waals surface area contributed by atoms with Crippen molar-refractivity contribution in [2.75, 3.05) is 0 Å². The lowest BCUT2D eigenvalue weighted by molar-refractivity contribution is -0.385. The highest BCUT2D eigenvalue weighted by Crippen LogP contribution is 2.32. The zero-order chi connectivity index (χ0) is 17.9. The maximum absolute atomic E-state index is 12.0. The molecule has 0 aliphatic rings. The van der Waals surface area contributed by atoms with Gasteiger partial charge in [0.2, 0.25) is 5.75 Å². The number of halogens is 3. The second kappa shape index (κ2) is 7.61. The molecule has 0 bridgehead atoms. The molecule has 124 valence electrons. The van der Waals surface area contributed by atoms with Crippen LogP contribution in [0.2, 0.25) is 10.0 Å². The standard InChI is InChI=1S/C14H8BrCl2N3O4/c15-8-3-7(13(21)12(4-8)20(23)24)6-18-19-14(22)10-2-1-9(16)5-11(10)17/h1-6,21H,(H,19,22). The van der Waals surface area contributed by atoms with E-state index in [1.54, 1.807) is 0 Å². The van der Waals surface area contributed by atoms with Crippen LogP contribution in [0.1, 0.15) is 15.9 Å². The number of nitro benzene ring substituents is 1. The van der Waals surface area contributed by atoms with Gasteiger partial charge in [0.15, 0.2) is 0 Å². The monoisotopic (exact) mass is 431 g/mol. The molecule has 0 fully saturated rings. The lowest BCUT2D eigenvalue weighted by Crippen LogP contribution is -2.18. The third kappa shape index (κ3) is 4.22. The van der Waals surface area contributed by atoms with Gasteiger partial charge in [0.05, 0.1) is 21.7 Å². The number of benzene rings is 2. The molecule has 24 heavy (non-hydrogen) atoms. The normalized spacial score (nSPS) is 10.8. The molecule has 0 radical (unpaired) electrons. The van der Waals surface area contributed by atoms with E-state index in [1.165, 1.54) is 24.3 Å². The van der Waals surface area contributed by atoms with Crippen LogP contribution in [-0.4, -0.2) is 22.2 Å². The highest BCUT2D eigenvalue weighted by atomic mass is 79.9. The number of amides is 1. The lowest BCUT2D eigenvalue weighted by Gasteiger charge is -2.04. The Kier molecular flexibility index (Phi) is 5.76. The van der Waals surface area contributed by atoms with Crippen LogP contribution in [0, 0.1) is 10.1 Å². The molecule has 0 unspecified atom stereocenters. The number of phenols is 1. The van der Waals surface area contributed by atoms with E-state index in [4.69, 9.17) is 23.2 Å². The van der Waals surface area contributed by atoms with E-state index in [1.807, 2.05) is 0 Å². The summed E-state index contributed by atoms with van der Waals surface area (Å²) in [6.45, 7) is 0. The first kappa shape index (κ1) is 18.2. The largest absolute Gasteiger partial charge is 0.502 e. The number of hydrogen-bond acceptors (Lipinski definition) is 5. The molecular weight excluding hydrogens is 425 g/mol. The minimum atomic E-state index is -0.733. The summed E-state index contributed by atoms with van der Waals surface area (Å²) in [7, 11) is 0. The summed E-state index contributed by atoms with van der Waals surface area (Å²) in [4.78, 5) is 22.1. The van der Waals surface area contributed by atoms with Crippen molar-refractivity contribution < 1.29 is 14.8 Å². The number of aromatic hydroxyl groups is 1. The molecule has 0 atom stereocenters. The van der Waals surface area contributed by atoms with Crippen molar-refractivity contribution >= 4 is 56.9 Å². The third-order valence-corrected chi connectivity index (χ3v) is 3.83. The van der Waals surface area contributed by atoms with E-state index in [9.17, 15) is 20.0 Å². The van der Waals surface area contributed by atoms with Crippen molar-refractivity contribution in [2.45, 2.75) is 0 Å². The molecule has 2 rings (SSSR count). The molecule has 0 saturated carbocycles. The molecule has 0 saturated heterocycles. The molecule has 0 aliphatic heterocycles. The van der Waals surface area contributed by atoms with Crippen LogP contribution >= 0.6 is 39.1 Å². The number of rotatable bonds is 4. The molecular formula is C14H8BrCl2N3O4. The molecule has 2 aromatic carbocycles. The number of carbonyl (C=O) groups excluding carboxylic acids is 1. The Morgan fingerprint density at radius 3 is 2.67 bits per heavy atom. The summed E-state index contributed by atoms with van der Waals surface area (Å²) in [5.74, 6) is -1.16. The van der Waals surface area contributed by atoms with Crippen molar-refractivity contribution in [1.82, 2.24) is 5.43 Å². The van der Waals surface area contributed by atoms with Gasteiger partial charge in [0, 0.05) is 21.1 Å². The van der Waals surface area contributed by atoms with E-state index in [-0.39, 0.29) is 16.1 Å². The Balaban J connectivity index is 2.20. The van der Waals surface area contributed by atoms with Crippen LogP contribution in [0.25, 0.3) is 0 Å². The summed E-state index contributed by atoms with van der Waals surface area (Å²) in [6, 6.07) is 6.89. The van der Waals surface area contributed by atoms with Gasteiger partial charge >= 0.3 is 5.69 Å². The number of nitro groups is 1. The summed E-state index contributed by atoms with van der Waals surface area (Å²) >= 11 is 14.7. The number of hydrogen-bond donors (Lipinski definition) is 2. The Hall–Kier alpha value is -2.16. The van der Waals surface area contributed by atoms with Gasteiger partial charge in [-0.1, -0.05) is 39.1 Å². The van der Waals surface area contributed by atoms with Gasteiger partial charge in [0.1, 0.15) is 0 Å². The number of carbonyl (C=O) groups is 1. The van der Waals surface area contributed by atoms with Crippen molar-refractivity contribution in [3.05, 3.63) is 66.1 Å². The fourth-order valence-corrected chi connectivity index (χ4v) is 2.70. The van der Waals surface area contributed by atoms with Crippen molar-refractivity contribution in [3.63, 3.8) is 0 Å². The fourth-order valence-electron chi connectivity index (χ4n) is 1.74. The summed E-state index contributed by atoms with van der Waals surface area (Å²) in [6.07, 6.45) is 1.08. The van der Waals surface area contributed by atoms with Crippen molar-refractivity contribution in [3.8, 4) is 5.75 Å². The van der Waals surface area contributed by atoms with E-state index in [2.05, 4.69) is 26.5 Å². The molecule has 1 amide bonds. The fraction of sp³-hybridized carbons (Fsp3) is 0. The molecule has 0 heterocycles. The zero-order valence-corrected chi connectivity index (χ0v) is 14.8. The maximum atomic E-state index is 12.0. The highest BCUT2D eigenvalue weighted by molar-refractivity contribution is 9.10. The first-order valence-electron chi connectivity index (χ1n) is 6.25. The first-order chi connectivity index (χ1) is 11.3. The second-order valence-corrected chi connectivity index (χ2v) is 6.20. The number of nitrogens with one attached hydrogen (secondary N) is 1. The smallest absolute Gasteiger partial charge is 0.312 e. The Morgan fingerprint density at radius 2 is 2.04 bits per heavy atom. The number of nitrogens with zero attached hydrogens (tertiary/aromatic N) is 2. The van der Waals surface area contributed by atoms with Crippen molar-refractivity contribution in [1.29, 1.82) is 0 Å². The quantitative estimate of drug-likeness (QED) is 0.430. The minimum absolute atomic E-state index is 0.0542. The van der Waals surface area contributed by atoms with E-state index in [0.717, 1.165) is 12.3 Å². The van der Waals surface area contributed by atoms with Gasteiger partial charge < -0.3 is 5.11 Å². The predicted molar refractivity (Wildman–Crippen MR) is 94.0 cm³/mol. The van der Waals surface area contributed by atoms with Crippen LogP contribution < -0.4 is 5.43 Å². The average Bonchev–Trinajstić information content (AvgIpc) is 2.49. The lowest BCUT2D eigenvalue weighted by atomic mass is 10.2. The average molecular weight is 433 g/mol. The van der Waals surface area contributed by atoms with E-state index >= 15 is 0 Å².